The lowest BCUT2D eigenvalue weighted by atomic mass is 10.1. The molecule has 1 aromatic heterocycles. The summed E-state index contributed by atoms with van der Waals surface area (Å²) in [6, 6.07) is 12.5. The fourth-order valence-corrected chi connectivity index (χ4v) is 4.45. The third-order valence-electron chi connectivity index (χ3n) is 5.12. The molecule has 1 aliphatic rings. The highest BCUT2D eigenvalue weighted by Crippen LogP contribution is 2.25. The Bertz CT molecular complexity index is 1100. The maximum atomic E-state index is 12.7. The summed E-state index contributed by atoms with van der Waals surface area (Å²) in [7, 11) is 1.60. The van der Waals surface area contributed by atoms with Crippen LogP contribution in [-0.2, 0) is 19.5 Å². The van der Waals surface area contributed by atoms with E-state index in [2.05, 4.69) is 20.9 Å². The average molecular weight is 437 g/mol. The summed E-state index contributed by atoms with van der Waals surface area (Å²) in [4.78, 5) is 30.9. The Morgan fingerprint density at radius 3 is 2.77 bits per heavy atom. The fraction of sp³-hybridized carbons (Fsp3) is 0.261. The second-order valence-corrected chi connectivity index (χ2v) is 8.42. The first-order chi connectivity index (χ1) is 15.0. The molecule has 3 aromatic rings. The Kier molecular flexibility index (Phi) is 6.29. The molecule has 1 aliphatic heterocycles. The number of anilines is 1. The summed E-state index contributed by atoms with van der Waals surface area (Å²) in [6.07, 6.45) is 0.880. The van der Waals surface area contributed by atoms with Gasteiger partial charge < -0.3 is 15.4 Å². The van der Waals surface area contributed by atoms with E-state index in [0.29, 0.717) is 22.8 Å². The molecule has 0 bridgehead atoms. The van der Waals surface area contributed by atoms with Gasteiger partial charge >= 0.3 is 0 Å². The van der Waals surface area contributed by atoms with Gasteiger partial charge in [-0.15, -0.1) is 11.3 Å². The lowest BCUT2D eigenvalue weighted by Gasteiger charge is -2.09. The highest BCUT2D eigenvalue weighted by atomic mass is 32.1. The number of hydrogen-bond acceptors (Lipinski definition) is 6. The monoisotopic (exact) mass is 436 g/mol. The van der Waals surface area contributed by atoms with Crippen molar-refractivity contribution in [3.8, 4) is 5.75 Å². The van der Waals surface area contributed by atoms with Crippen molar-refractivity contribution in [3.63, 3.8) is 0 Å². The van der Waals surface area contributed by atoms with E-state index in [-0.39, 0.29) is 11.8 Å². The molecule has 4 rings (SSSR count). The number of thiazole rings is 1. The number of hydrogen-bond donors (Lipinski definition) is 3. The van der Waals surface area contributed by atoms with Crippen molar-refractivity contribution in [3.05, 3.63) is 75.3 Å². The number of nitrogens with zero attached hydrogens (tertiary/aromatic N) is 1. The van der Waals surface area contributed by atoms with Crippen molar-refractivity contribution in [1.29, 1.82) is 0 Å². The van der Waals surface area contributed by atoms with Gasteiger partial charge in [-0.05, 0) is 48.4 Å². The fourth-order valence-electron chi connectivity index (χ4n) is 3.47. The number of amides is 2. The molecule has 0 unspecified atom stereocenters. The number of rotatable bonds is 6. The van der Waals surface area contributed by atoms with Crippen LogP contribution in [0.4, 0.5) is 5.13 Å². The Hall–Kier alpha value is -3.23. The standard InChI is InChI=1S/C23H24N4O3S/c1-14-10-17(6-7-19(14)30-2)21(28)25-12-15-4-3-5-16(11-15)22(29)27-23-26-18-8-9-24-13-20(18)31-23/h3-7,10-11,24H,8-9,12-13H2,1-2H3,(H,25,28)(H,26,27,29). The molecule has 2 heterocycles. The molecule has 3 N–H and O–H groups in total. The molecule has 8 heteroatoms. The van der Waals surface area contributed by atoms with Crippen LogP contribution in [0.3, 0.4) is 0 Å². The van der Waals surface area contributed by atoms with Crippen molar-refractivity contribution in [2.75, 3.05) is 19.0 Å². The maximum Gasteiger partial charge on any atom is 0.257 e. The first-order valence-electron chi connectivity index (χ1n) is 10.1. The van der Waals surface area contributed by atoms with Crippen molar-refractivity contribution >= 4 is 28.3 Å². The molecule has 0 spiro atoms. The summed E-state index contributed by atoms with van der Waals surface area (Å²) >= 11 is 1.51. The molecular weight excluding hydrogens is 412 g/mol. The molecule has 7 nitrogen and oxygen atoms in total. The van der Waals surface area contributed by atoms with Gasteiger partial charge in [0.15, 0.2) is 5.13 Å². The Morgan fingerprint density at radius 2 is 2.00 bits per heavy atom. The van der Waals surface area contributed by atoms with Crippen LogP contribution in [0.2, 0.25) is 0 Å². The third-order valence-corrected chi connectivity index (χ3v) is 6.14. The number of ether oxygens (including phenoxy) is 1. The summed E-state index contributed by atoms with van der Waals surface area (Å²) in [6.45, 7) is 3.93. The van der Waals surface area contributed by atoms with Crippen LogP contribution in [0.15, 0.2) is 42.5 Å². The van der Waals surface area contributed by atoms with Gasteiger partial charge in [0, 0.05) is 42.1 Å². The van der Waals surface area contributed by atoms with Gasteiger partial charge in [0.1, 0.15) is 5.75 Å². The Morgan fingerprint density at radius 1 is 1.16 bits per heavy atom. The minimum atomic E-state index is -0.210. The minimum absolute atomic E-state index is 0.178. The molecule has 160 valence electrons. The Labute approximate surface area is 184 Å². The van der Waals surface area contributed by atoms with Gasteiger partial charge in [0.2, 0.25) is 0 Å². The summed E-state index contributed by atoms with van der Waals surface area (Å²) < 4.78 is 5.23. The number of fused-ring (bicyclic) bond motifs is 1. The number of benzene rings is 2. The van der Waals surface area contributed by atoms with Gasteiger partial charge in [-0.3, -0.25) is 14.9 Å². The van der Waals surface area contributed by atoms with Gasteiger partial charge in [-0.2, -0.15) is 0 Å². The molecule has 2 aromatic carbocycles. The number of aryl methyl sites for hydroxylation is 1. The van der Waals surface area contributed by atoms with Gasteiger partial charge in [-0.25, -0.2) is 4.98 Å². The summed E-state index contributed by atoms with van der Waals surface area (Å²) in [5.74, 6) is 0.355. The zero-order valence-electron chi connectivity index (χ0n) is 17.5. The minimum Gasteiger partial charge on any atom is -0.496 e. The highest BCUT2D eigenvalue weighted by Gasteiger charge is 2.17. The number of methoxy groups -OCH3 is 1. The van der Waals surface area contributed by atoms with E-state index in [1.165, 1.54) is 16.2 Å². The van der Waals surface area contributed by atoms with Crippen LogP contribution in [0.1, 0.15) is 42.4 Å². The number of aromatic nitrogens is 1. The van der Waals surface area contributed by atoms with E-state index in [0.717, 1.165) is 42.1 Å². The van der Waals surface area contributed by atoms with E-state index in [9.17, 15) is 9.59 Å². The molecule has 31 heavy (non-hydrogen) atoms. The largest absolute Gasteiger partial charge is 0.496 e. The SMILES string of the molecule is COc1ccc(C(=O)NCc2cccc(C(=O)Nc3nc4c(s3)CNCC4)c2)cc1C. The van der Waals surface area contributed by atoms with Crippen molar-refractivity contribution < 1.29 is 14.3 Å². The lowest BCUT2D eigenvalue weighted by molar-refractivity contribution is 0.0950. The van der Waals surface area contributed by atoms with Crippen molar-refractivity contribution in [2.24, 2.45) is 0 Å². The van der Waals surface area contributed by atoms with Crippen LogP contribution < -0.4 is 20.7 Å². The van der Waals surface area contributed by atoms with E-state index in [1.54, 1.807) is 37.4 Å². The molecule has 0 saturated carbocycles. The van der Waals surface area contributed by atoms with Crippen LogP contribution >= 0.6 is 11.3 Å². The molecule has 0 atom stereocenters. The molecule has 0 fully saturated rings. The van der Waals surface area contributed by atoms with Crippen LogP contribution in [0.25, 0.3) is 0 Å². The van der Waals surface area contributed by atoms with E-state index < -0.39 is 0 Å². The number of carbonyl (C=O) groups excluding carboxylic acids is 2. The van der Waals surface area contributed by atoms with Crippen LogP contribution in [0, 0.1) is 6.92 Å². The molecule has 2 amide bonds. The van der Waals surface area contributed by atoms with Crippen LogP contribution in [0.5, 0.6) is 5.75 Å². The second-order valence-electron chi connectivity index (χ2n) is 7.34. The van der Waals surface area contributed by atoms with E-state index in [4.69, 9.17) is 4.74 Å². The number of carbonyl (C=O) groups is 2. The van der Waals surface area contributed by atoms with Crippen molar-refractivity contribution in [2.45, 2.75) is 26.4 Å². The second kappa shape index (κ2) is 9.28. The van der Waals surface area contributed by atoms with Gasteiger partial charge in [0.05, 0.1) is 12.8 Å². The highest BCUT2D eigenvalue weighted by molar-refractivity contribution is 7.15. The number of nitrogens with one attached hydrogen (secondary N) is 3. The summed E-state index contributed by atoms with van der Waals surface area (Å²) in [5.41, 5.74) is 3.89. The third kappa shape index (κ3) is 4.92. The lowest BCUT2D eigenvalue weighted by Crippen LogP contribution is -2.23. The molecule has 0 radical (unpaired) electrons. The smallest absolute Gasteiger partial charge is 0.257 e. The molecular formula is C23H24N4O3S. The predicted octanol–water partition coefficient (Wildman–Crippen LogP) is 3.29. The normalized spacial score (nSPS) is 12.7. The topological polar surface area (TPSA) is 92.3 Å². The van der Waals surface area contributed by atoms with E-state index >= 15 is 0 Å². The molecule has 0 saturated heterocycles. The summed E-state index contributed by atoms with van der Waals surface area (Å²) in [5, 5.41) is 9.72. The zero-order chi connectivity index (χ0) is 21.8. The zero-order valence-corrected chi connectivity index (χ0v) is 18.3. The molecule has 0 aliphatic carbocycles. The average Bonchev–Trinajstić information content (AvgIpc) is 3.19. The van der Waals surface area contributed by atoms with E-state index in [1.807, 2.05) is 19.1 Å². The maximum absolute atomic E-state index is 12.7. The van der Waals surface area contributed by atoms with Gasteiger partial charge in [-0.1, -0.05) is 12.1 Å². The van der Waals surface area contributed by atoms with Crippen molar-refractivity contribution in [1.82, 2.24) is 15.6 Å². The first-order valence-corrected chi connectivity index (χ1v) is 10.9. The van der Waals surface area contributed by atoms with Crippen LogP contribution in [-0.4, -0.2) is 30.5 Å². The quantitative estimate of drug-likeness (QED) is 0.552. The predicted molar refractivity (Wildman–Crippen MR) is 121 cm³/mol. The van der Waals surface area contributed by atoms with Gasteiger partial charge in [0.25, 0.3) is 11.8 Å². The Balaban J connectivity index is 1.38. The first kappa shape index (κ1) is 21.0.